The number of hydrogen-bond acceptors (Lipinski definition) is 14. The Morgan fingerprint density at radius 1 is 0.982 bits per heavy atom. The first-order valence-corrected chi connectivity index (χ1v) is 18.5. The van der Waals surface area contributed by atoms with Crippen molar-refractivity contribution in [2.24, 2.45) is 11.3 Å². The molecule has 0 unspecified atom stereocenters. The Kier molecular flexibility index (Phi) is 15.2. The topological polar surface area (TPSA) is 313 Å². The molecule has 1 fully saturated rings. The molecule has 0 bridgehead atoms. The Morgan fingerprint density at radius 2 is 1.64 bits per heavy atom. The summed E-state index contributed by atoms with van der Waals surface area (Å²) in [5, 5.41) is 47.4. The summed E-state index contributed by atoms with van der Waals surface area (Å²) < 4.78 is 43.5. The second-order valence-corrected chi connectivity index (χ2v) is 15.2. The van der Waals surface area contributed by atoms with Crippen molar-refractivity contribution >= 4 is 63.4 Å². The molecule has 6 atom stereocenters. The normalized spacial score (nSPS) is 21.9. The van der Waals surface area contributed by atoms with E-state index in [0.29, 0.717) is 5.56 Å². The first-order valence-electron chi connectivity index (χ1n) is 16.8. The predicted octanol–water partition coefficient (Wildman–Crippen LogP) is -1.64. The van der Waals surface area contributed by atoms with Crippen molar-refractivity contribution in [3.05, 3.63) is 42.0 Å². The molecule has 1 heterocycles. The van der Waals surface area contributed by atoms with Crippen molar-refractivity contribution < 1.29 is 76.4 Å². The van der Waals surface area contributed by atoms with Crippen molar-refractivity contribution in [3.8, 4) is 5.75 Å². The van der Waals surface area contributed by atoms with Crippen LogP contribution >= 0.6 is 0 Å². The molecule has 55 heavy (non-hydrogen) atoms. The molecule has 8 N–H and O–H groups in total. The summed E-state index contributed by atoms with van der Waals surface area (Å²) >= 11 is 0. The standard InChI is InChI=1S/C34H44N4O16S/c1-34(2,3)33(49)53-14-4-5-18-6-7-22(54-23-16-19(32(47)48)28(43)30(45)29(23)44)20(15-18)36-24(39)10-12-35-31(46)21(17-55(50,51)52)37-25(40)11-13-38-26(41)8-9-27(38)42/h4-9,15,19,21,23,28-30,43-45H,10-14,16-17H2,1-3H3,(H,35,46)(H,36,39)(H,37,40)(H,47,48)(H,50,51,52)/b5-4+/t19-,21-,23+,28+,29-,30-/m0/s1. The van der Waals surface area contributed by atoms with Gasteiger partial charge in [-0.3, -0.25) is 43.0 Å². The van der Waals surface area contributed by atoms with Gasteiger partial charge >= 0.3 is 11.9 Å². The molecule has 0 radical (unpaired) electrons. The molecule has 1 aliphatic carbocycles. The number of benzene rings is 1. The number of carbonyl (C=O) groups is 7. The van der Waals surface area contributed by atoms with Gasteiger partial charge in [-0.2, -0.15) is 8.42 Å². The van der Waals surface area contributed by atoms with E-state index in [1.807, 2.05) is 0 Å². The number of amides is 5. The number of nitrogens with one attached hydrogen (secondary N) is 3. The Hall–Kier alpha value is -5.22. The summed E-state index contributed by atoms with van der Waals surface area (Å²) in [6.07, 6.45) is -3.03. The summed E-state index contributed by atoms with van der Waals surface area (Å²) in [7, 11) is -4.81. The van der Waals surface area contributed by atoms with Crippen LogP contribution in [0.1, 0.15) is 45.6 Å². The third-order valence-corrected chi connectivity index (χ3v) is 8.98. The molecule has 1 aromatic rings. The maximum absolute atomic E-state index is 13.1. The second-order valence-electron chi connectivity index (χ2n) is 13.7. The lowest BCUT2D eigenvalue weighted by Crippen LogP contribution is -2.57. The summed E-state index contributed by atoms with van der Waals surface area (Å²) in [6.45, 7) is 4.16. The smallest absolute Gasteiger partial charge is 0.311 e. The zero-order valence-electron chi connectivity index (χ0n) is 30.0. The van der Waals surface area contributed by atoms with Gasteiger partial charge in [-0.1, -0.05) is 12.1 Å². The number of carboxylic acid groups (broad SMARTS) is 1. The molecule has 21 heteroatoms. The molecule has 20 nitrogen and oxygen atoms in total. The van der Waals surface area contributed by atoms with Gasteiger partial charge < -0.3 is 45.9 Å². The minimum absolute atomic E-state index is 0.0217. The Labute approximate surface area is 315 Å². The van der Waals surface area contributed by atoms with Gasteiger partial charge in [-0.15, -0.1) is 0 Å². The van der Waals surface area contributed by atoms with Crippen molar-refractivity contribution in [2.45, 2.75) is 70.5 Å². The van der Waals surface area contributed by atoms with Gasteiger partial charge in [-0.25, -0.2) is 0 Å². The lowest BCUT2D eigenvalue weighted by Gasteiger charge is -2.38. The van der Waals surface area contributed by atoms with E-state index in [2.05, 4.69) is 16.0 Å². The molecule has 0 saturated heterocycles. The van der Waals surface area contributed by atoms with Gasteiger partial charge in [0.1, 0.15) is 42.5 Å². The maximum atomic E-state index is 13.1. The first kappa shape index (κ1) is 44.2. The fourth-order valence-corrected chi connectivity index (χ4v) is 5.91. The van der Waals surface area contributed by atoms with E-state index in [0.717, 1.165) is 17.1 Å². The molecule has 302 valence electrons. The minimum atomic E-state index is -4.81. The van der Waals surface area contributed by atoms with Gasteiger partial charge in [0.25, 0.3) is 21.9 Å². The molecular weight excluding hydrogens is 752 g/mol. The first-order chi connectivity index (χ1) is 25.6. The van der Waals surface area contributed by atoms with Crippen LogP contribution in [0.5, 0.6) is 5.75 Å². The van der Waals surface area contributed by atoms with E-state index >= 15 is 0 Å². The lowest BCUT2D eigenvalue weighted by atomic mass is 9.80. The van der Waals surface area contributed by atoms with Gasteiger partial charge in [0, 0.05) is 44.5 Å². The maximum Gasteiger partial charge on any atom is 0.311 e. The van der Waals surface area contributed by atoms with Crippen molar-refractivity contribution in [1.82, 2.24) is 15.5 Å². The number of ether oxygens (including phenoxy) is 2. The zero-order chi connectivity index (χ0) is 41.2. The number of esters is 1. The fourth-order valence-electron chi connectivity index (χ4n) is 5.25. The van der Waals surface area contributed by atoms with Crippen LogP contribution in [0.2, 0.25) is 0 Å². The van der Waals surface area contributed by atoms with Crippen LogP contribution in [0, 0.1) is 11.3 Å². The van der Waals surface area contributed by atoms with Gasteiger partial charge in [0.15, 0.2) is 0 Å². The van der Waals surface area contributed by atoms with Gasteiger partial charge in [-0.05, 0) is 44.5 Å². The van der Waals surface area contributed by atoms with Crippen LogP contribution in [-0.2, 0) is 48.4 Å². The molecule has 3 rings (SSSR count). The number of aliphatic hydroxyl groups excluding tert-OH is 3. The third-order valence-electron chi connectivity index (χ3n) is 8.23. The van der Waals surface area contributed by atoms with E-state index < -0.39 is 125 Å². The Balaban J connectivity index is 1.71. The summed E-state index contributed by atoms with van der Waals surface area (Å²) in [5.74, 6) is -8.82. The number of anilines is 1. The minimum Gasteiger partial charge on any atom is -0.485 e. The fraction of sp³-hybridized carbons (Fsp3) is 0.500. The number of carboxylic acids is 1. The number of carbonyl (C=O) groups excluding carboxylic acids is 6. The zero-order valence-corrected chi connectivity index (χ0v) is 30.9. The van der Waals surface area contributed by atoms with Crippen molar-refractivity contribution in [2.75, 3.05) is 30.8 Å². The van der Waals surface area contributed by atoms with Crippen LogP contribution < -0.4 is 20.7 Å². The third kappa shape index (κ3) is 13.2. The monoisotopic (exact) mass is 796 g/mol. The molecular formula is C34H44N4O16S. The summed E-state index contributed by atoms with van der Waals surface area (Å²) in [4.78, 5) is 86.3. The van der Waals surface area contributed by atoms with Crippen LogP contribution in [0.15, 0.2) is 36.4 Å². The number of rotatable bonds is 17. The van der Waals surface area contributed by atoms with E-state index in [1.165, 1.54) is 24.3 Å². The van der Waals surface area contributed by atoms with Gasteiger partial charge in [0.2, 0.25) is 17.7 Å². The summed E-state index contributed by atoms with van der Waals surface area (Å²) in [5.41, 5.74) is -0.311. The van der Waals surface area contributed by atoms with Crippen molar-refractivity contribution in [1.29, 1.82) is 0 Å². The lowest BCUT2D eigenvalue weighted by molar-refractivity contribution is -0.174. The van der Waals surface area contributed by atoms with E-state index in [4.69, 9.17) is 9.47 Å². The van der Waals surface area contributed by atoms with Crippen LogP contribution in [0.3, 0.4) is 0 Å². The highest BCUT2D eigenvalue weighted by molar-refractivity contribution is 7.85. The second kappa shape index (κ2) is 18.9. The highest BCUT2D eigenvalue weighted by atomic mass is 32.2. The van der Waals surface area contributed by atoms with E-state index in [9.17, 15) is 67.0 Å². The highest BCUT2D eigenvalue weighted by Crippen LogP contribution is 2.33. The number of aliphatic hydroxyl groups is 3. The average Bonchev–Trinajstić information content (AvgIpc) is 3.41. The number of nitrogens with zero attached hydrogens (tertiary/aromatic N) is 1. The van der Waals surface area contributed by atoms with Crippen LogP contribution in [0.25, 0.3) is 6.08 Å². The highest BCUT2D eigenvalue weighted by Gasteiger charge is 2.47. The molecule has 1 aromatic carbocycles. The van der Waals surface area contributed by atoms with E-state index in [1.54, 1.807) is 26.8 Å². The number of hydrogen-bond donors (Lipinski definition) is 8. The molecule has 0 aromatic heterocycles. The average molecular weight is 797 g/mol. The van der Waals surface area contributed by atoms with E-state index in [-0.39, 0.29) is 24.6 Å². The number of aliphatic carboxylic acids is 1. The van der Waals surface area contributed by atoms with Gasteiger partial charge in [0.05, 0.1) is 23.1 Å². The van der Waals surface area contributed by atoms with Crippen LogP contribution in [0.4, 0.5) is 5.69 Å². The Morgan fingerprint density at radius 3 is 2.24 bits per heavy atom. The SMILES string of the molecule is CC(C)(C)C(=O)OC/C=C/c1ccc(O[C@@H]2C[C@H](C(=O)O)[C@@H](O)[C@H](O)[C@H]2O)c(NC(=O)CCNC(=O)[C@H](CS(=O)(=O)O)NC(=O)CCN2C(=O)C=CC2=O)c1. The van der Waals surface area contributed by atoms with Crippen molar-refractivity contribution in [3.63, 3.8) is 0 Å². The largest absolute Gasteiger partial charge is 0.485 e. The predicted molar refractivity (Wildman–Crippen MR) is 189 cm³/mol. The molecule has 0 spiro atoms. The quantitative estimate of drug-likeness (QED) is 0.0498. The number of imide groups is 1. The molecule has 1 aliphatic heterocycles. The Bertz CT molecular complexity index is 1800. The molecule has 1 saturated carbocycles. The summed E-state index contributed by atoms with van der Waals surface area (Å²) in [6, 6.07) is 2.47. The molecule has 2 aliphatic rings. The van der Waals surface area contributed by atoms with Crippen LogP contribution in [-0.4, -0.2) is 136 Å². The molecule has 5 amide bonds.